The molecular weight excluding hydrogens is 320 g/mol. The van der Waals surface area contributed by atoms with Crippen LogP contribution in [0.1, 0.15) is 44.2 Å². The van der Waals surface area contributed by atoms with Crippen molar-refractivity contribution in [3.05, 3.63) is 83.6 Å². The average molecular weight is 348 g/mol. The molecule has 2 saturated carbocycles. The van der Waals surface area contributed by atoms with Crippen molar-refractivity contribution in [1.29, 1.82) is 0 Å². The van der Waals surface area contributed by atoms with Gasteiger partial charge in [-0.15, -0.1) is 0 Å². The Morgan fingerprint density at radius 1 is 0.731 bits per heavy atom. The van der Waals surface area contributed by atoms with E-state index < -0.39 is 5.79 Å². The van der Waals surface area contributed by atoms with Gasteiger partial charge < -0.3 is 9.47 Å². The molecule has 0 N–H and O–H groups in total. The molecule has 2 fully saturated rings. The second-order valence-electron chi connectivity index (χ2n) is 7.19. The second kappa shape index (κ2) is 7.54. The quantitative estimate of drug-likeness (QED) is 0.648. The summed E-state index contributed by atoms with van der Waals surface area (Å²) < 4.78 is 13.0. The molecule has 2 atom stereocenters. The molecule has 4 rings (SSSR count). The largest absolute Gasteiger partial charge is 0.348 e. The van der Waals surface area contributed by atoms with Crippen LogP contribution in [-0.2, 0) is 9.47 Å². The van der Waals surface area contributed by atoms with Crippen LogP contribution >= 0.6 is 0 Å². The number of benzene rings is 2. The van der Waals surface area contributed by atoms with E-state index in [1.54, 1.807) is 0 Å². The molecule has 2 unspecified atom stereocenters. The van der Waals surface area contributed by atoms with Gasteiger partial charge in [-0.3, -0.25) is 0 Å². The minimum atomic E-state index is -0.734. The van der Waals surface area contributed by atoms with Gasteiger partial charge in [-0.05, 0) is 49.7 Å². The SMILES string of the molecule is CCOC1(OCC)[C](c2ccccc2)C2CCCC2[C]1c1ccccc1. The van der Waals surface area contributed by atoms with Gasteiger partial charge in [-0.2, -0.15) is 0 Å². The van der Waals surface area contributed by atoms with Gasteiger partial charge in [0, 0.05) is 13.2 Å². The summed E-state index contributed by atoms with van der Waals surface area (Å²) in [4.78, 5) is 0. The molecule has 0 heterocycles. The predicted octanol–water partition coefficient (Wildman–Crippen LogP) is 5.43. The summed E-state index contributed by atoms with van der Waals surface area (Å²) in [5.74, 6) is 2.95. The van der Waals surface area contributed by atoms with Crippen molar-refractivity contribution in [3.63, 3.8) is 0 Å². The van der Waals surface area contributed by atoms with Crippen molar-refractivity contribution in [2.24, 2.45) is 11.8 Å². The lowest BCUT2D eigenvalue weighted by Gasteiger charge is -2.40. The Balaban J connectivity index is 1.88. The zero-order chi connectivity index (χ0) is 18.0. The highest BCUT2D eigenvalue weighted by atomic mass is 16.7. The minimum absolute atomic E-state index is 0.505. The smallest absolute Gasteiger partial charge is 0.190 e. The highest BCUT2D eigenvalue weighted by molar-refractivity contribution is 5.53. The van der Waals surface area contributed by atoms with E-state index in [1.165, 1.54) is 42.2 Å². The average Bonchev–Trinajstić information content (AvgIpc) is 3.22. The predicted molar refractivity (Wildman–Crippen MR) is 104 cm³/mol. The van der Waals surface area contributed by atoms with Gasteiger partial charge in [0.2, 0.25) is 0 Å². The number of ether oxygens (including phenoxy) is 2. The summed E-state index contributed by atoms with van der Waals surface area (Å²) in [6.45, 7) is 5.40. The maximum atomic E-state index is 6.51. The first kappa shape index (κ1) is 17.8. The molecule has 0 saturated heterocycles. The van der Waals surface area contributed by atoms with Crippen LogP contribution in [0.15, 0.2) is 60.7 Å². The van der Waals surface area contributed by atoms with Crippen LogP contribution in [0.2, 0.25) is 0 Å². The molecule has 2 aromatic carbocycles. The zero-order valence-corrected chi connectivity index (χ0v) is 15.8. The van der Waals surface area contributed by atoms with E-state index >= 15 is 0 Å². The lowest BCUT2D eigenvalue weighted by molar-refractivity contribution is -0.200. The molecule has 2 aliphatic carbocycles. The van der Waals surface area contributed by atoms with Crippen LogP contribution in [0, 0.1) is 23.7 Å². The number of fused-ring (bicyclic) bond motifs is 1. The fourth-order valence-electron chi connectivity index (χ4n) is 5.09. The summed E-state index contributed by atoms with van der Waals surface area (Å²) in [5.41, 5.74) is 2.52. The Kier molecular flexibility index (Phi) is 5.15. The van der Waals surface area contributed by atoms with E-state index in [9.17, 15) is 0 Å². The van der Waals surface area contributed by atoms with Crippen molar-refractivity contribution in [2.75, 3.05) is 13.2 Å². The summed E-state index contributed by atoms with van der Waals surface area (Å²) in [6, 6.07) is 21.5. The van der Waals surface area contributed by atoms with Crippen LogP contribution < -0.4 is 0 Å². The van der Waals surface area contributed by atoms with E-state index in [2.05, 4.69) is 74.5 Å². The molecule has 2 aliphatic rings. The van der Waals surface area contributed by atoms with Crippen molar-refractivity contribution in [2.45, 2.75) is 38.9 Å². The fraction of sp³-hybridized carbons (Fsp3) is 0.417. The Morgan fingerprint density at radius 3 is 1.54 bits per heavy atom. The van der Waals surface area contributed by atoms with Crippen LogP contribution in [0.5, 0.6) is 0 Å². The summed E-state index contributed by atoms with van der Waals surface area (Å²) in [5, 5.41) is 0. The van der Waals surface area contributed by atoms with E-state index in [4.69, 9.17) is 9.47 Å². The molecule has 0 spiro atoms. The fourth-order valence-corrected chi connectivity index (χ4v) is 5.09. The van der Waals surface area contributed by atoms with Crippen LogP contribution in [0.3, 0.4) is 0 Å². The van der Waals surface area contributed by atoms with Gasteiger partial charge in [-0.1, -0.05) is 67.1 Å². The molecule has 2 aromatic rings. The van der Waals surface area contributed by atoms with Gasteiger partial charge in [-0.25, -0.2) is 0 Å². The Morgan fingerprint density at radius 2 is 1.15 bits per heavy atom. The number of rotatable bonds is 6. The zero-order valence-electron chi connectivity index (χ0n) is 15.8. The molecule has 0 aromatic heterocycles. The van der Waals surface area contributed by atoms with Gasteiger partial charge in [0.15, 0.2) is 5.79 Å². The topological polar surface area (TPSA) is 18.5 Å². The number of hydrogen-bond acceptors (Lipinski definition) is 2. The third kappa shape index (κ3) is 2.80. The van der Waals surface area contributed by atoms with Gasteiger partial charge >= 0.3 is 0 Å². The third-order valence-electron chi connectivity index (χ3n) is 5.83. The van der Waals surface area contributed by atoms with Crippen molar-refractivity contribution < 1.29 is 9.47 Å². The molecule has 2 heteroatoms. The Hall–Kier alpha value is -1.64. The molecular formula is C24H28O2. The first-order valence-corrected chi connectivity index (χ1v) is 9.95. The normalized spacial score (nSPS) is 25.5. The summed E-state index contributed by atoms with van der Waals surface area (Å²) >= 11 is 0. The van der Waals surface area contributed by atoms with Crippen molar-refractivity contribution in [1.82, 2.24) is 0 Å². The second-order valence-corrected chi connectivity index (χ2v) is 7.19. The van der Waals surface area contributed by atoms with E-state index in [1.807, 2.05) is 0 Å². The summed E-state index contributed by atoms with van der Waals surface area (Å²) in [6.07, 6.45) is 3.70. The summed E-state index contributed by atoms with van der Waals surface area (Å²) in [7, 11) is 0. The highest BCUT2D eigenvalue weighted by Gasteiger charge is 2.64. The third-order valence-corrected chi connectivity index (χ3v) is 5.83. The van der Waals surface area contributed by atoms with Crippen molar-refractivity contribution >= 4 is 0 Å². The molecule has 26 heavy (non-hydrogen) atoms. The molecule has 136 valence electrons. The van der Waals surface area contributed by atoms with Crippen LogP contribution in [0.25, 0.3) is 0 Å². The van der Waals surface area contributed by atoms with Gasteiger partial charge in [0.1, 0.15) is 0 Å². The maximum Gasteiger partial charge on any atom is 0.190 e. The standard InChI is InChI=1S/C24H28O2/c1-3-25-24(26-4-2)22(18-12-7-5-8-13-18)20-16-11-17-21(20)23(24)19-14-9-6-10-15-19/h5-10,12-15,20-21H,3-4,11,16-17H2,1-2H3. The molecule has 0 aliphatic heterocycles. The Labute approximate surface area is 157 Å². The Bertz CT molecular complexity index is 635. The van der Waals surface area contributed by atoms with Gasteiger partial charge in [0.05, 0.1) is 11.8 Å². The van der Waals surface area contributed by atoms with Crippen molar-refractivity contribution in [3.8, 4) is 0 Å². The van der Waals surface area contributed by atoms with E-state index in [0.29, 0.717) is 25.0 Å². The highest BCUT2D eigenvalue weighted by Crippen LogP contribution is 2.63. The lowest BCUT2D eigenvalue weighted by atomic mass is 9.82. The van der Waals surface area contributed by atoms with Crippen LogP contribution in [-0.4, -0.2) is 19.0 Å². The van der Waals surface area contributed by atoms with E-state index in [-0.39, 0.29) is 0 Å². The molecule has 0 bridgehead atoms. The lowest BCUT2D eigenvalue weighted by Crippen LogP contribution is -2.46. The first-order chi connectivity index (χ1) is 12.8. The molecule has 2 radical (unpaired) electrons. The molecule has 0 amide bonds. The maximum absolute atomic E-state index is 6.51. The minimum Gasteiger partial charge on any atom is -0.348 e. The first-order valence-electron chi connectivity index (χ1n) is 9.95. The number of hydrogen-bond donors (Lipinski definition) is 0. The van der Waals surface area contributed by atoms with Crippen LogP contribution in [0.4, 0.5) is 0 Å². The monoisotopic (exact) mass is 348 g/mol. The van der Waals surface area contributed by atoms with Gasteiger partial charge in [0.25, 0.3) is 0 Å². The van der Waals surface area contributed by atoms with E-state index in [0.717, 1.165) is 0 Å². The molecule has 2 nitrogen and oxygen atoms in total.